The summed E-state index contributed by atoms with van der Waals surface area (Å²) >= 11 is 0. The Bertz CT molecular complexity index is 1680. The van der Waals surface area contributed by atoms with Crippen molar-refractivity contribution in [2.24, 2.45) is 5.41 Å². The quantitative estimate of drug-likeness (QED) is 0.326. The number of nitriles is 3. The second kappa shape index (κ2) is 9.74. The van der Waals surface area contributed by atoms with Crippen LogP contribution >= 0.6 is 0 Å². The minimum atomic E-state index is -0.620. The van der Waals surface area contributed by atoms with Crippen LogP contribution in [-0.4, -0.2) is 26.5 Å². The Morgan fingerprint density at radius 2 is 1.82 bits per heavy atom. The monoisotopic (exact) mass is 515 g/mol. The number of nitrogens with one attached hydrogen (secondary N) is 2. The van der Waals surface area contributed by atoms with Gasteiger partial charge in [0.25, 0.3) is 0 Å². The zero-order valence-electron chi connectivity index (χ0n) is 22.4. The molecule has 0 amide bonds. The van der Waals surface area contributed by atoms with Gasteiger partial charge in [0.1, 0.15) is 17.8 Å². The lowest BCUT2D eigenvalue weighted by Gasteiger charge is -2.23. The van der Waals surface area contributed by atoms with Gasteiger partial charge in [-0.3, -0.25) is 4.98 Å². The van der Waals surface area contributed by atoms with E-state index < -0.39 is 11.6 Å². The van der Waals surface area contributed by atoms with Gasteiger partial charge in [-0.1, -0.05) is 50.3 Å². The van der Waals surface area contributed by atoms with E-state index in [1.54, 1.807) is 10.7 Å². The van der Waals surface area contributed by atoms with E-state index in [9.17, 15) is 15.8 Å². The van der Waals surface area contributed by atoms with E-state index in [1.165, 1.54) is 6.20 Å². The van der Waals surface area contributed by atoms with E-state index in [0.717, 1.165) is 24.0 Å². The number of nitrogens with zero attached hydrogens (tertiary/aromatic N) is 7. The van der Waals surface area contributed by atoms with Crippen molar-refractivity contribution in [3.8, 4) is 18.2 Å². The Hall–Kier alpha value is -4.94. The van der Waals surface area contributed by atoms with Gasteiger partial charge in [-0.25, -0.2) is 4.68 Å². The molecule has 0 aliphatic heterocycles. The number of anilines is 2. The number of rotatable bonds is 7. The number of benzene rings is 2. The van der Waals surface area contributed by atoms with Crippen molar-refractivity contribution in [3.05, 3.63) is 76.7 Å². The van der Waals surface area contributed by atoms with Crippen LogP contribution in [0.1, 0.15) is 67.6 Å². The molecule has 5 rings (SSSR count). The Morgan fingerprint density at radius 3 is 2.46 bits per heavy atom. The first kappa shape index (κ1) is 25.7. The largest absolute Gasteiger partial charge is 0.383 e. The first-order valence-corrected chi connectivity index (χ1v) is 12.8. The van der Waals surface area contributed by atoms with Crippen LogP contribution in [0.4, 0.5) is 11.4 Å². The Kier molecular flexibility index (Phi) is 6.42. The van der Waals surface area contributed by atoms with E-state index in [0.29, 0.717) is 45.6 Å². The van der Waals surface area contributed by atoms with Gasteiger partial charge in [0.05, 0.1) is 40.6 Å². The van der Waals surface area contributed by atoms with Gasteiger partial charge in [-0.05, 0) is 48.4 Å². The summed E-state index contributed by atoms with van der Waals surface area (Å²) in [6.45, 7) is 9.00. The molecule has 194 valence electrons. The molecule has 4 aromatic rings. The van der Waals surface area contributed by atoms with E-state index in [-0.39, 0.29) is 5.41 Å². The zero-order valence-corrected chi connectivity index (χ0v) is 22.4. The summed E-state index contributed by atoms with van der Waals surface area (Å²) in [5, 5.41) is 45.9. The average molecular weight is 516 g/mol. The van der Waals surface area contributed by atoms with Crippen LogP contribution in [0.15, 0.2) is 48.8 Å². The smallest absolute Gasteiger partial charge is 0.150 e. The maximum Gasteiger partial charge on any atom is 0.150 e. The standard InChI is InChI=1S/C30H29N9/c1-19-7-5-6-8-23(19)28(25-16-39(38-37-25)30(17-33)9-10-30)36-22-11-20(13-31)26-24(12-22)27(21(14-32)15-34-26)35-18-29(2,3)4/h5-8,11-12,15-16,28,36H,9-10,18H2,1-4H3,(H,34,35). The molecule has 1 saturated carbocycles. The number of pyridine rings is 1. The first-order chi connectivity index (χ1) is 18.7. The number of aryl methyl sites for hydroxylation is 1. The molecule has 2 heterocycles. The van der Waals surface area contributed by atoms with Crippen molar-refractivity contribution in [1.29, 1.82) is 15.8 Å². The van der Waals surface area contributed by atoms with Gasteiger partial charge in [-0.15, -0.1) is 5.10 Å². The SMILES string of the molecule is Cc1ccccc1C(Nc1cc(C#N)c2ncc(C#N)c(NCC(C)(C)C)c2c1)c1cn(C2(C#N)CC2)nn1. The summed E-state index contributed by atoms with van der Waals surface area (Å²) in [5.41, 5.74) is 4.75. The minimum Gasteiger partial charge on any atom is -0.383 e. The van der Waals surface area contributed by atoms with Crippen LogP contribution in [0.2, 0.25) is 0 Å². The zero-order chi connectivity index (χ0) is 27.8. The van der Waals surface area contributed by atoms with Crippen molar-refractivity contribution in [1.82, 2.24) is 20.0 Å². The third-order valence-electron chi connectivity index (χ3n) is 7.00. The number of aromatic nitrogens is 4. The highest BCUT2D eigenvalue weighted by molar-refractivity contribution is 5.99. The molecule has 0 radical (unpaired) electrons. The van der Waals surface area contributed by atoms with E-state index in [2.05, 4.69) is 64.9 Å². The lowest BCUT2D eigenvalue weighted by molar-refractivity contribution is 0.443. The van der Waals surface area contributed by atoms with Gasteiger partial charge < -0.3 is 10.6 Å². The van der Waals surface area contributed by atoms with Crippen LogP contribution in [-0.2, 0) is 5.54 Å². The molecule has 1 aliphatic rings. The number of hydrogen-bond donors (Lipinski definition) is 2. The molecular formula is C30H29N9. The summed E-state index contributed by atoms with van der Waals surface area (Å²) < 4.78 is 1.66. The van der Waals surface area contributed by atoms with Crippen LogP contribution in [0.25, 0.3) is 10.9 Å². The molecule has 39 heavy (non-hydrogen) atoms. The topological polar surface area (TPSA) is 139 Å². The highest BCUT2D eigenvalue weighted by Crippen LogP contribution is 2.42. The maximum absolute atomic E-state index is 10.0. The molecule has 2 aromatic carbocycles. The van der Waals surface area contributed by atoms with Crippen LogP contribution in [0, 0.1) is 46.3 Å². The van der Waals surface area contributed by atoms with Gasteiger partial charge in [0.15, 0.2) is 5.54 Å². The van der Waals surface area contributed by atoms with Crippen molar-refractivity contribution in [3.63, 3.8) is 0 Å². The molecule has 1 atom stereocenters. The average Bonchev–Trinajstić information content (AvgIpc) is 3.57. The van der Waals surface area contributed by atoms with Crippen molar-refractivity contribution in [2.75, 3.05) is 17.2 Å². The van der Waals surface area contributed by atoms with Gasteiger partial charge >= 0.3 is 0 Å². The fourth-order valence-corrected chi connectivity index (χ4v) is 4.62. The fraction of sp³-hybridized carbons (Fsp3) is 0.333. The van der Waals surface area contributed by atoms with E-state index in [1.807, 2.05) is 43.5 Å². The van der Waals surface area contributed by atoms with Crippen LogP contribution in [0.3, 0.4) is 0 Å². The van der Waals surface area contributed by atoms with Crippen molar-refractivity contribution < 1.29 is 0 Å². The molecular weight excluding hydrogens is 486 g/mol. The Morgan fingerprint density at radius 1 is 1.08 bits per heavy atom. The predicted octanol–water partition coefficient (Wildman–Crippen LogP) is 5.55. The molecule has 9 nitrogen and oxygen atoms in total. The summed E-state index contributed by atoms with van der Waals surface area (Å²) in [5.74, 6) is 0. The summed E-state index contributed by atoms with van der Waals surface area (Å²) in [4.78, 5) is 4.46. The fourth-order valence-electron chi connectivity index (χ4n) is 4.62. The van der Waals surface area contributed by atoms with Crippen molar-refractivity contribution in [2.45, 2.75) is 52.1 Å². The van der Waals surface area contributed by atoms with Crippen LogP contribution < -0.4 is 10.6 Å². The third-order valence-corrected chi connectivity index (χ3v) is 7.00. The lowest BCUT2D eigenvalue weighted by atomic mass is 9.96. The Balaban J connectivity index is 1.63. The van der Waals surface area contributed by atoms with Gasteiger partial charge in [-0.2, -0.15) is 15.8 Å². The molecule has 0 spiro atoms. The highest BCUT2D eigenvalue weighted by Gasteiger charge is 2.46. The number of hydrogen-bond acceptors (Lipinski definition) is 8. The second-order valence-electron chi connectivity index (χ2n) is 11.3. The summed E-state index contributed by atoms with van der Waals surface area (Å²) in [6, 6.07) is 18.2. The number of fused-ring (bicyclic) bond motifs is 1. The molecule has 1 fully saturated rings. The molecule has 0 bridgehead atoms. The predicted molar refractivity (Wildman–Crippen MR) is 149 cm³/mol. The highest BCUT2D eigenvalue weighted by atomic mass is 15.5. The summed E-state index contributed by atoms with van der Waals surface area (Å²) in [7, 11) is 0. The summed E-state index contributed by atoms with van der Waals surface area (Å²) in [6.07, 6.45) is 4.85. The Labute approximate surface area is 227 Å². The van der Waals surface area contributed by atoms with E-state index in [4.69, 9.17) is 0 Å². The van der Waals surface area contributed by atoms with Gasteiger partial charge in [0, 0.05) is 23.8 Å². The third kappa shape index (κ3) is 4.98. The first-order valence-electron chi connectivity index (χ1n) is 12.8. The second-order valence-corrected chi connectivity index (χ2v) is 11.3. The van der Waals surface area contributed by atoms with E-state index >= 15 is 0 Å². The maximum atomic E-state index is 10.0. The van der Waals surface area contributed by atoms with Gasteiger partial charge in [0.2, 0.25) is 0 Å². The normalized spacial score (nSPS) is 14.6. The molecule has 1 unspecified atom stereocenters. The van der Waals surface area contributed by atoms with Crippen LogP contribution in [0.5, 0.6) is 0 Å². The molecule has 2 N–H and O–H groups in total. The molecule has 0 saturated heterocycles. The lowest BCUT2D eigenvalue weighted by Crippen LogP contribution is -2.20. The minimum absolute atomic E-state index is 0.0274. The molecule has 2 aromatic heterocycles. The molecule has 9 heteroatoms. The molecule has 1 aliphatic carbocycles. The van der Waals surface area contributed by atoms with Crippen molar-refractivity contribution >= 4 is 22.3 Å².